The number of furan rings is 1. The van der Waals surface area contributed by atoms with Gasteiger partial charge in [0.15, 0.2) is 5.76 Å². The minimum atomic E-state index is -1.04. The summed E-state index contributed by atoms with van der Waals surface area (Å²) in [4.78, 5) is 23.3. The number of aryl methyl sites for hydroxylation is 1. The van der Waals surface area contributed by atoms with Crippen molar-refractivity contribution in [3.63, 3.8) is 0 Å². The summed E-state index contributed by atoms with van der Waals surface area (Å²) in [6.07, 6.45) is 0.375. The van der Waals surface area contributed by atoms with Crippen LogP contribution in [0.2, 0.25) is 0 Å². The number of hydrogen-bond acceptors (Lipinski definition) is 3. The number of carboxylic acid groups (broad SMARTS) is 1. The van der Waals surface area contributed by atoms with Crippen molar-refractivity contribution < 1.29 is 19.1 Å². The van der Waals surface area contributed by atoms with E-state index in [1.165, 1.54) is 0 Å². The molecule has 0 aliphatic heterocycles. The van der Waals surface area contributed by atoms with Gasteiger partial charge in [-0.1, -0.05) is 25.5 Å². The number of rotatable bonds is 5. The molecule has 0 fully saturated rings. The van der Waals surface area contributed by atoms with Crippen LogP contribution in [0.1, 0.15) is 36.4 Å². The number of carbonyl (C=O) groups is 2. The number of hydrogen-bond donors (Lipinski definition) is 2. The highest BCUT2D eigenvalue weighted by atomic mass is 16.4. The van der Waals surface area contributed by atoms with Gasteiger partial charge < -0.3 is 14.8 Å². The largest absolute Gasteiger partial charge is 0.480 e. The average molecular weight is 289 g/mol. The Kier molecular flexibility index (Phi) is 4.31. The van der Waals surface area contributed by atoms with Gasteiger partial charge in [0.1, 0.15) is 11.6 Å². The van der Waals surface area contributed by atoms with Gasteiger partial charge in [-0.25, -0.2) is 4.79 Å². The monoisotopic (exact) mass is 289 g/mol. The normalized spacial score (nSPS) is 12.6. The van der Waals surface area contributed by atoms with Crippen molar-refractivity contribution in [2.45, 2.75) is 33.2 Å². The summed E-state index contributed by atoms with van der Waals surface area (Å²) in [7, 11) is 0. The Balaban J connectivity index is 2.19. The van der Waals surface area contributed by atoms with Gasteiger partial charge >= 0.3 is 5.97 Å². The number of aliphatic carboxylic acids is 1. The third-order valence-electron chi connectivity index (χ3n) is 3.21. The Morgan fingerprint density at radius 2 is 2.00 bits per heavy atom. The lowest BCUT2D eigenvalue weighted by atomic mass is 10.0. The maximum atomic E-state index is 12.1. The average Bonchev–Trinajstić information content (AvgIpc) is 2.80. The molecule has 112 valence electrons. The molecule has 2 aromatic rings. The molecule has 1 aromatic carbocycles. The highest BCUT2D eigenvalue weighted by molar-refractivity contribution is 5.98. The lowest BCUT2D eigenvalue weighted by Gasteiger charge is -2.15. The third-order valence-corrected chi connectivity index (χ3v) is 3.21. The summed E-state index contributed by atoms with van der Waals surface area (Å²) >= 11 is 0. The molecule has 0 saturated carbocycles. The Bertz CT molecular complexity index is 672. The van der Waals surface area contributed by atoms with Crippen LogP contribution in [0.25, 0.3) is 11.0 Å². The molecular weight excluding hydrogens is 270 g/mol. The van der Waals surface area contributed by atoms with Crippen LogP contribution in [-0.4, -0.2) is 23.0 Å². The van der Waals surface area contributed by atoms with Crippen molar-refractivity contribution in [3.8, 4) is 0 Å². The van der Waals surface area contributed by atoms with Crippen LogP contribution >= 0.6 is 0 Å². The van der Waals surface area contributed by atoms with E-state index in [0.29, 0.717) is 12.0 Å². The Hall–Kier alpha value is -2.30. The van der Waals surface area contributed by atoms with Crippen LogP contribution in [0.4, 0.5) is 0 Å². The minimum absolute atomic E-state index is 0.130. The molecule has 5 heteroatoms. The van der Waals surface area contributed by atoms with Crippen molar-refractivity contribution >= 4 is 22.8 Å². The maximum Gasteiger partial charge on any atom is 0.326 e. The van der Waals surface area contributed by atoms with E-state index >= 15 is 0 Å². The molecule has 1 heterocycles. The number of amides is 1. The van der Waals surface area contributed by atoms with E-state index in [-0.39, 0.29) is 11.7 Å². The van der Waals surface area contributed by atoms with Gasteiger partial charge in [0, 0.05) is 5.39 Å². The quantitative estimate of drug-likeness (QED) is 0.886. The van der Waals surface area contributed by atoms with E-state index in [2.05, 4.69) is 5.32 Å². The molecule has 1 aromatic heterocycles. The topological polar surface area (TPSA) is 79.5 Å². The maximum absolute atomic E-state index is 12.1. The van der Waals surface area contributed by atoms with Crippen molar-refractivity contribution in [2.24, 2.45) is 5.92 Å². The molecule has 0 spiro atoms. The van der Waals surface area contributed by atoms with Gasteiger partial charge in [0.05, 0.1) is 0 Å². The molecule has 2 N–H and O–H groups in total. The van der Waals surface area contributed by atoms with Gasteiger partial charge in [-0.2, -0.15) is 0 Å². The first-order valence-electron chi connectivity index (χ1n) is 6.90. The number of carboxylic acids is 1. The molecule has 1 amide bonds. The van der Waals surface area contributed by atoms with Crippen molar-refractivity contribution in [1.82, 2.24) is 5.32 Å². The second-order valence-corrected chi connectivity index (χ2v) is 5.65. The van der Waals surface area contributed by atoms with Crippen molar-refractivity contribution in [3.05, 3.63) is 35.6 Å². The number of nitrogens with one attached hydrogen (secondary N) is 1. The van der Waals surface area contributed by atoms with Crippen LogP contribution in [0.5, 0.6) is 0 Å². The summed E-state index contributed by atoms with van der Waals surface area (Å²) in [5.74, 6) is -1.24. The van der Waals surface area contributed by atoms with E-state index in [1.807, 2.05) is 32.9 Å². The molecule has 0 aliphatic carbocycles. The fraction of sp³-hybridized carbons (Fsp3) is 0.375. The van der Waals surface area contributed by atoms with E-state index in [1.54, 1.807) is 12.1 Å². The summed E-state index contributed by atoms with van der Waals surface area (Å²) in [6, 6.07) is 6.33. The van der Waals surface area contributed by atoms with E-state index in [4.69, 9.17) is 9.52 Å². The van der Waals surface area contributed by atoms with E-state index < -0.39 is 17.9 Å². The van der Waals surface area contributed by atoms with Gasteiger partial charge in [0.25, 0.3) is 5.91 Å². The Morgan fingerprint density at radius 3 is 2.62 bits per heavy atom. The lowest BCUT2D eigenvalue weighted by molar-refractivity contribution is -0.139. The first kappa shape index (κ1) is 15.1. The first-order chi connectivity index (χ1) is 9.86. The molecule has 0 saturated heterocycles. The van der Waals surface area contributed by atoms with Crippen LogP contribution in [0.15, 0.2) is 28.7 Å². The third kappa shape index (κ3) is 3.62. The van der Waals surface area contributed by atoms with Gasteiger partial charge in [-0.3, -0.25) is 4.79 Å². The minimum Gasteiger partial charge on any atom is -0.480 e. The van der Waals surface area contributed by atoms with Crippen molar-refractivity contribution in [1.29, 1.82) is 0 Å². The zero-order chi connectivity index (χ0) is 15.6. The van der Waals surface area contributed by atoms with Crippen LogP contribution in [0, 0.1) is 12.8 Å². The summed E-state index contributed by atoms with van der Waals surface area (Å²) in [5, 5.41) is 12.5. The zero-order valence-electron chi connectivity index (χ0n) is 12.3. The summed E-state index contributed by atoms with van der Waals surface area (Å²) in [6.45, 7) is 5.77. The summed E-state index contributed by atoms with van der Waals surface area (Å²) in [5.41, 5.74) is 1.68. The Labute approximate surface area is 122 Å². The second kappa shape index (κ2) is 5.99. The zero-order valence-corrected chi connectivity index (χ0v) is 12.3. The number of fused-ring (bicyclic) bond motifs is 1. The molecule has 0 aliphatic rings. The molecule has 0 radical (unpaired) electrons. The molecule has 0 bridgehead atoms. The fourth-order valence-electron chi connectivity index (χ4n) is 2.20. The van der Waals surface area contributed by atoms with Crippen LogP contribution < -0.4 is 5.32 Å². The van der Waals surface area contributed by atoms with Crippen LogP contribution in [-0.2, 0) is 4.79 Å². The smallest absolute Gasteiger partial charge is 0.326 e. The molecule has 0 unspecified atom stereocenters. The predicted molar refractivity (Wildman–Crippen MR) is 79.3 cm³/mol. The second-order valence-electron chi connectivity index (χ2n) is 5.65. The SMILES string of the molecule is Cc1ccc2oc(C(=O)N[C@H](CC(C)C)C(=O)O)cc2c1. The van der Waals surface area contributed by atoms with E-state index in [9.17, 15) is 9.59 Å². The standard InChI is InChI=1S/C16H19NO4/c1-9(2)6-12(16(19)20)17-15(18)14-8-11-7-10(3)4-5-13(11)21-14/h4-5,7-9,12H,6H2,1-3H3,(H,17,18)(H,19,20)/t12-/m1/s1. The van der Waals surface area contributed by atoms with E-state index in [0.717, 1.165) is 10.9 Å². The number of carbonyl (C=O) groups excluding carboxylic acids is 1. The lowest BCUT2D eigenvalue weighted by Crippen LogP contribution is -2.41. The number of benzene rings is 1. The van der Waals surface area contributed by atoms with Crippen molar-refractivity contribution in [2.75, 3.05) is 0 Å². The van der Waals surface area contributed by atoms with Gasteiger partial charge in [-0.05, 0) is 37.5 Å². The molecule has 5 nitrogen and oxygen atoms in total. The molecule has 2 rings (SSSR count). The molecule has 21 heavy (non-hydrogen) atoms. The molecular formula is C16H19NO4. The van der Waals surface area contributed by atoms with Gasteiger partial charge in [-0.15, -0.1) is 0 Å². The molecule has 1 atom stereocenters. The highest BCUT2D eigenvalue weighted by Crippen LogP contribution is 2.20. The predicted octanol–water partition coefficient (Wildman–Crippen LogP) is 2.97. The summed E-state index contributed by atoms with van der Waals surface area (Å²) < 4.78 is 5.47. The fourth-order valence-corrected chi connectivity index (χ4v) is 2.20. The van der Waals surface area contributed by atoms with Gasteiger partial charge in [0.2, 0.25) is 0 Å². The highest BCUT2D eigenvalue weighted by Gasteiger charge is 2.23. The first-order valence-corrected chi connectivity index (χ1v) is 6.90. The Morgan fingerprint density at radius 1 is 1.29 bits per heavy atom. The van der Waals surface area contributed by atoms with Crippen LogP contribution in [0.3, 0.4) is 0 Å².